The van der Waals surface area contributed by atoms with E-state index < -0.39 is 17.5 Å². The number of anilines is 1. The van der Waals surface area contributed by atoms with E-state index in [9.17, 15) is 24.3 Å². The summed E-state index contributed by atoms with van der Waals surface area (Å²) in [6.45, 7) is 8.26. The summed E-state index contributed by atoms with van der Waals surface area (Å²) in [7, 11) is 0. The number of esters is 2. The van der Waals surface area contributed by atoms with Gasteiger partial charge >= 0.3 is 11.9 Å². The Morgan fingerprint density at radius 3 is 1.84 bits per heavy atom. The van der Waals surface area contributed by atoms with Crippen LogP contribution in [0.3, 0.4) is 0 Å². The predicted octanol–water partition coefficient (Wildman–Crippen LogP) is 7.25. The Bertz CT molecular complexity index is 1630. The first-order valence-corrected chi connectivity index (χ1v) is 14.3. The van der Waals surface area contributed by atoms with Crippen LogP contribution in [0.4, 0.5) is 5.69 Å². The molecule has 0 spiro atoms. The smallest absolute Gasteiger partial charge is 0.350 e. The van der Waals surface area contributed by atoms with Gasteiger partial charge in [-0.1, -0.05) is 23.7 Å². The average Bonchev–Trinajstić information content (AvgIpc) is 2.98. The van der Waals surface area contributed by atoms with Crippen molar-refractivity contribution >= 4 is 40.9 Å². The summed E-state index contributed by atoms with van der Waals surface area (Å²) >= 11 is 5.84. The second-order valence-electron chi connectivity index (χ2n) is 10.5. The van der Waals surface area contributed by atoms with Crippen molar-refractivity contribution in [3.63, 3.8) is 0 Å². The summed E-state index contributed by atoms with van der Waals surface area (Å²) in [6.07, 6.45) is -0.213. The molecule has 234 valence electrons. The number of para-hydroxylation sites is 1. The summed E-state index contributed by atoms with van der Waals surface area (Å²) < 4.78 is 16.0. The summed E-state index contributed by atoms with van der Waals surface area (Å²) in [5.41, 5.74) is 0.667. The van der Waals surface area contributed by atoms with Gasteiger partial charge in [-0.2, -0.15) is 0 Å². The van der Waals surface area contributed by atoms with E-state index in [1.165, 1.54) is 19.1 Å². The molecule has 4 aromatic rings. The van der Waals surface area contributed by atoms with Gasteiger partial charge in [0.2, 0.25) is 5.91 Å². The minimum Gasteiger partial charge on any atom is -0.507 e. The van der Waals surface area contributed by atoms with Crippen molar-refractivity contribution < 1.29 is 38.5 Å². The van der Waals surface area contributed by atoms with Crippen molar-refractivity contribution in [3.05, 3.63) is 119 Å². The van der Waals surface area contributed by atoms with Crippen LogP contribution < -0.4 is 14.8 Å². The van der Waals surface area contributed by atoms with Gasteiger partial charge in [-0.25, -0.2) is 9.59 Å². The van der Waals surface area contributed by atoms with Crippen LogP contribution in [0.2, 0.25) is 5.02 Å². The lowest BCUT2D eigenvalue weighted by Gasteiger charge is -2.25. The molecule has 0 atom stereocenters. The molecule has 0 radical (unpaired) electrons. The van der Waals surface area contributed by atoms with Crippen molar-refractivity contribution in [2.24, 2.45) is 0 Å². The van der Waals surface area contributed by atoms with Gasteiger partial charge in [-0.3, -0.25) is 9.59 Å². The highest BCUT2D eigenvalue weighted by Gasteiger charge is 2.32. The maximum absolute atomic E-state index is 12.4. The third-order valence-corrected chi connectivity index (χ3v) is 6.19. The standard InChI is InChI=1S/C20H21ClO4.C15H13NO4/c1-13(2)24-19(23)20(3,4)25-17-11-7-15(8-12-17)18(22)14-5-9-16(21)10-6-14;1-10(17)16-11-6-8-12(9-7-11)20-15(19)13-4-2-3-5-14(13)18/h5-13H,1-4H3;2-9,18H,1H3,(H,16,17). The van der Waals surface area contributed by atoms with Crippen LogP contribution in [0.15, 0.2) is 97.1 Å². The zero-order valence-electron chi connectivity index (χ0n) is 25.5. The van der Waals surface area contributed by atoms with Crippen molar-refractivity contribution in [1.82, 2.24) is 0 Å². The fraction of sp³-hybridized carbons (Fsp3) is 0.200. The Morgan fingerprint density at radius 2 is 1.31 bits per heavy atom. The fourth-order valence-corrected chi connectivity index (χ4v) is 3.88. The molecule has 0 aliphatic heterocycles. The van der Waals surface area contributed by atoms with E-state index >= 15 is 0 Å². The highest BCUT2D eigenvalue weighted by atomic mass is 35.5. The molecule has 9 nitrogen and oxygen atoms in total. The van der Waals surface area contributed by atoms with Gasteiger partial charge in [-0.05, 0) is 113 Å². The molecule has 45 heavy (non-hydrogen) atoms. The first kappa shape index (κ1) is 34.3. The van der Waals surface area contributed by atoms with E-state index in [4.69, 9.17) is 25.8 Å². The number of phenols is 1. The highest BCUT2D eigenvalue weighted by molar-refractivity contribution is 6.30. The van der Waals surface area contributed by atoms with Gasteiger partial charge in [0, 0.05) is 28.8 Å². The quantitative estimate of drug-likeness (QED) is 0.112. The Labute approximate surface area is 266 Å². The first-order valence-electron chi connectivity index (χ1n) is 13.9. The fourth-order valence-electron chi connectivity index (χ4n) is 3.75. The topological polar surface area (TPSA) is 128 Å². The van der Waals surface area contributed by atoms with Crippen LogP contribution in [0.25, 0.3) is 0 Å². The molecule has 0 saturated heterocycles. The number of carbonyl (C=O) groups excluding carboxylic acids is 4. The average molecular weight is 632 g/mol. The second kappa shape index (κ2) is 15.5. The third kappa shape index (κ3) is 10.5. The van der Waals surface area contributed by atoms with Gasteiger partial charge in [0.05, 0.1) is 6.10 Å². The number of nitrogens with one attached hydrogen (secondary N) is 1. The molecule has 0 saturated carbocycles. The van der Waals surface area contributed by atoms with Crippen LogP contribution in [0.5, 0.6) is 17.2 Å². The Hall–Kier alpha value is -5.15. The molecular formula is C35H34ClNO8. The summed E-state index contributed by atoms with van der Waals surface area (Å²) in [6, 6.07) is 25.9. The van der Waals surface area contributed by atoms with Crippen molar-refractivity contribution in [2.45, 2.75) is 46.3 Å². The van der Waals surface area contributed by atoms with E-state index in [2.05, 4.69) is 5.32 Å². The number of ether oxygens (including phenoxy) is 3. The lowest BCUT2D eigenvalue weighted by molar-refractivity contribution is -0.163. The molecule has 0 fully saturated rings. The predicted molar refractivity (Wildman–Crippen MR) is 171 cm³/mol. The molecule has 2 N–H and O–H groups in total. The number of aromatic hydroxyl groups is 1. The van der Waals surface area contributed by atoms with Crippen LogP contribution >= 0.6 is 11.6 Å². The van der Waals surface area contributed by atoms with E-state index in [-0.39, 0.29) is 29.1 Å². The van der Waals surface area contributed by atoms with E-state index in [0.29, 0.717) is 33.3 Å². The lowest BCUT2D eigenvalue weighted by atomic mass is 10.0. The summed E-state index contributed by atoms with van der Waals surface area (Å²) in [5, 5.41) is 12.7. The number of amides is 1. The van der Waals surface area contributed by atoms with E-state index in [0.717, 1.165) is 0 Å². The van der Waals surface area contributed by atoms with Crippen LogP contribution in [-0.2, 0) is 14.3 Å². The number of carbonyl (C=O) groups is 4. The zero-order valence-corrected chi connectivity index (χ0v) is 26.3. The molecule has 0 heterocycles. The summed E-state index contributed by atoms with van der Waals surface area (Å²) in [5.74, 6) is -0.692. The van der Waals surface area contributed by atoms with Gasteiger partial charge < -0.3 is 24.6 Å². The Balaban J connectivity index is 0.000000251. The van der Waals surface area contributed by atoms with Gasteiger partial charge in [0.1, 0.15) is 22.8 Å². The first-order chi connectivity index (χ1) is 21.2. The van der Waals surface area contributed by atoms with Crippen molar-refractivity contribution in [2.75, 3.05) is 5.32 Å². The highest BCUT2D eigenvalue weighted by Crippen LogP contribution is 2.23. The zero-order chi connectivity index (χ0) is 33.1. The van der Waals surface area contributed by atoms with Crippen molar-refractivity contribution in [3.8, 4) is 17.2 Å². The Morgan fingerprint density at radius 1 is 0.778 bits per heavy atom. The summed E-state index contributed by atoms with van der Waals surface area (Å²) in [4.78, 5) is 47.2. The molecule has 4 rings (SSSR count). The monoisotopic (exact) mass is 631 g/mol. The molecule has 0 aliphatic rings. The molecular weight excluding hydrogens is 598 g/mol. The Kier molecular flexibility index (Phi) is 11.9. The molecule has 0 bridgehead atoms. The molecule has 0 aliphatic carbocycles. The number of halogens is 1. The largest absolute Gasteiger partial charge is 0.507 e. The number of benzene rings is 4. The number of rotatable bonds is 9. The van der Waals surface area contributed by atoms with Gasteiger partial charge in [0.15, 0.2) is 11.4 Å². The van der Waals surface area contributed by atoms with Crippen LogP contribution in [-0.4, -0.2) is 40.4 Å². The normalized spacial score (nSPS) is 10.6. The van der Waals surface area contributed by atoms with Gasteiger partial charge in [-0.15, -0.1) is 0 Å². The van der Waals surface area contributed by atoms with Crippen LogP contribution in [0, 0.1) is 0 Å². The third-order valence-electron chi connectivity index (χ3n) is 5.94. The molecule has 4 aromatic carbocycles. The van der Waals surface area contributed by atoms with Crippen LogP contribution in [0.1, 0.15) is 60.9 Å². The van der Waals surface area contributed by atoms with E-state index in [1.807, 2.05) is 0 Å². The number of ketones is 1. The van der Waals surface area contributed by atoms with E-state index in [1.54, 1.807) is 113 Å². The van der Waals surface area contributed by atoms with Gasteiger partial charge in [0.25, 0.3) is 0 Å². The molecule has 0 unspecified atom stereocenters. The SMILES string of the molecule is CC(=O)Nc1ccc(OC(=O)c2ccccc2O)cc1.CC(C)OC(=O)C(C)(C)Oc1ccc(C(=O)c2ccc(Cl)cc2)cc1. The maximum Gasteiger partial charge on any atom is 0.350 e. The number of hydrogen-bond acceptors (Lipinski definition) is 8. The lowest BCUT2D eigenvalue weighted by Crippen LogP contribution is -2.40. The molecule has 10 heteroatoms. The molecule has 0 aromatic heterocycles. The minimum atomic E-state index is -1.12. The maximum atomic E-state index is 12.4. The second-order valence-corrected chi connectivity index (χ2v) is 11.0. The minimum absolute atomic E-state index is 0.0958. The molecule has 1 amide bonds. The van der Waals surface area contributed by atoms with Crippen molar-refractivity contribution in [1.29, 1.82) is 0 Å². The number of phenolic OH excluding ortho intramolecular Hbond substituents is 1. The number of hydrogen-bond donors (Lipinski definition) is 2.